The van der Waals surface area contributed by atoms with Crippen LogP contribution in [0.1, 0.15) is 0 Å². The lowest BCUT2D eigenvalue weighted by Gasteiger charge is -2.30. The number of benzene rings is 1. The minimum absolute atomic E-state index is 0.0743. The molecule has 1 aromatic carbocycles. The summed E-state index contributed by atoms with van der Waals surface area (Å²) in [5.41, 5.74) is -0.0743. The first-order valence-electron chi connectivity index (χ1n) is 7.98. The normalized spacial score (nSPS) is 16.5. The van der Waals surface area contributed by atoms with Gasteiger partial charge in [0.15, 0.2) is 6.54 Å². The second-order valence-corrected chi connectivity index (χ2v) is 9.05. The molecule has 0 unspecified atom stereocenters. The van der Waals surface area contributed by atoms with Crippen LogP contribution in [0.3, 0.4) is 0 Å². The van der Waals surface area contributed by atoms with E-state index < -0.39 is 27.6 Å². The number of quaternary nitrogens is 1. The summed E-state index contributed by atoms with van der Waals surface area (Å²) in [6, 6.07) is 6.21. The Kier molecular flexibility index (Phi) is 5.66. The molecule has 1 aromatic heterocycles. The topological polar surface area (TPSA) is 70.9 Å². The van der Waals surface area contributed by atoms with Gasteiger partial charge in [0.1, 0.15) is 15.8 Å². The van der Waals surface area contributed by atoms with Gasteiger partial charge in [-0.3, -0.25) is 4.79 Å². The number of hydrogen-bond acceptors (Lipinski definition) is 4. The highest BCUT2D eigenvalue weighted by molar-refractivity contribution is 7.91. The second kappa shape index (κ2) is 7.78. The number of thiophene rings is 1. The number of halogens is 2. The predicted molar refractivity (Wildman–Crippen MR) is 93.6 cm³/mol. The number of piperazine rings is 1. The minimum Gasteiger partial charge on any atom is -0.325 e. The van der Waals surface area contributed by atoms with Crippen LogP contribution < -0.4 is 10.2 Å². The minimum atomic E-state index is -3.48. The first-order chi connectivity index (χ1) is 12.4. The van der Waals surface area contributed by atoms with Crippen molar-refractivity contribution >= 4 is 33.0 Å². The van der Waals surface area contributed by atoms with E-state index in [0.717, 1.165) is 11.0 Å². The number of nitrogens with zero attached hydrogens (tertiary/aromatic N) is 1. The lowest BCUT2D eigenvalue weighted by atomic mass is 10.3. The highest BCUT2D eigenvalue weighted by Gasteiger charge is 2.31. The molecule has 0 saturated carbocycles. The van der Waals surface area contributed by atoms with Crippen LogP contribution >= 0.6 is 11.3 Å². The summed E-state index contributed by atoms with van der Waals surface area (Å²) in [6.07, 6.45) is 0. The smallest absolute Gasteiger partial charge is 0.279 e. The van der Waals surface area contributed by atoms with E-state index in [9.17, 15) is 22.0 Å². The highest BCUT2D eigenvalue weighted by atomic mass is 32.2. The van der Waals surface area contributed by atoms with Crippen molar-refractivity contribution in [2.45, 2.75) is 4.21 Å². The van der Waals surface area contributed by atoms with Crippen molar-refractivity contribution in [3.8, 4) is 0 Å². The summed E-state index contributed by atoms with van der Waals surface area (Å²) in [5, 5.41) is 4.13. The lowest BCUT2D eigenvalue weighted by Crippen LogP contribution is -3.15. The van der Waals surface area contributed by atoms with Gasteiger partial charge in [0.2, 0.25) is 0 Å². The molecule has 0 radical (unpaired) electrons. The van der Waals surface area contributed by atoms with Crippen LogP contribution in [0, 0.1) is 11.6 Å². The number of hydrogen-bond donors (Lipinski definition) is 2. The lowest BCUT2D eigenvalue weighted by molar-refractivity contribution is -0.895. The van der Waals surface area contributed by atoms with Crippen molar-refractivity contribution in [1.29, 1.82) is 0 Å². The summed E-state index contributed by atoms with van der Waals surface area (Å²) in [4.78, 5) is 13.0. The third kappa shape index (κ3) is 4.26. The molecule has 2 heterocycles. The molecule has 6 nitrogen and oxygen atoms in total. The van der Waals surface area contributed by atoms with E-state index in [1.54, 1.807) is 17.5 Å². The van der Waals surface area contributed by atoms with Crippen LogP contribution in [-0.4, -0.2) is 51.4 Å². The monoisotopic (exact) mass is 402 g/mol. The standard InChI is InChI=1S/C16H17F2N3O3S2/c17-12-3-4-14(13(18)10-12)19-15(22)11-20-5-7-21(8-6-20)26(23,24)16-2-1-9-25-16/h1-4,9-10H,5-8,11H2,(H,19,22)/p+1. The number of amides is 1. The number of anilines is 1. The number of carbonyl (C=O) groups is 1. The SMILES string of the molecule is O=C(C[NH+]1CCN(S(=O)(=O)c2cccs2)CC1)Nc1ccc(F)cc1F. The van der Waals surface area contributed by atoms with Crippen molar-refractivity contribution < 1.29 is 26.9 Å². The van der Waals surface area contributed by atoms with Gasteiger partial charge in [0, 0.05) is 6.07 Å². The molecule has 2 aromatic rings. The Hall–Kier alpha value is -1.88. The summed E-state index contributed by atoms with van der Waals surface area (Å²) < 4.78 is 53.1. The second-order valence-electron chi connectivity index (χ2n) is 5.94. The van der Waals surface area contributed by atoms with E-state index in [-0.39, 0.29) is 12.2 Å². The number of nitrogens with one attached hydrogen (secondary N) is 2. The van der Waals surface area contributed by atoms with E-state index in [1.807, 2.05) is 0 Å². The van der Waals surface area contributed by atoms with Crippen molar-refractivity contribution in [1.82, 2.24) is 4.31 Å². The Bertz CT molecular complexity index is 880. The van der Waals surface area contributed by atoms with Gasteiger partial charge >= 0.3 is 0 Å². The summed E-state index contributed by atoms with van der Waals surface area (Å²) in [5.74, 6) is -1.95. The van der Waals surface area contributed by atoms with Crippen molar-refractivity contribution in [3.63, 3.8) is 0 Å². The molecular weight excluding hydrogens is 384 g/mol. The molecule has 1 amide bonds. The van der Waals surface area contributed by atoms with E-state index in [0.29, 0.717) is 36.5 Å². The molecule has 26 heavy (non-hydrogen) atoms. The van der Waals surface area contributed by atoms with E-state index in [4.69, 9.17) is 0 Å². The molecule has 140 valence electrons. The average Bonchev–Trinajstić information content (AvgIpc) is 3.13. The fraction of sp³-hybridized carbons (Fsp3) is 0.312. The number of carbonyl (C=O) groups excluding carboxylic acids is 1. The molecule has 0 bridgehead atoms. The summed E-state index contributed by atoms with van der Waals surface area (Å²) in [7, 11) is -3.48. The Labute approximate surface area is 154 Å². The fourth-order valence-corrected chi connectivity index (χ4v) is 5.36. The van der Waals surface area contributed by atoms with Crippen LogP contribution in [0.15, 0.2) is 39.9 Å². The molecule has 3 rings (SSSR count). The maximum atomic E-state index is 13.6. The van der Waals surface area contributed by atoms with Crippen LogP contribution in [0.25, 0.3) is 0 Å². The van der Waals surface area contributed by atoms with Gasteiger partial charge < -0.3 is 10.2 Å². The molecule has 0 aliphatic carbocycles. The number of rotatable bonds is 5. The molecule has 10 heteroatoms. The molecular formula is C16H18F2N3O3S2+. The molecule has 1 aliphatic heterocycles. The molecule has 0 spiro atoms. The molecule has 1 aliphatic rings. The van der Waals surface area contributed by atoms with Crippen LogP contribution in [0.5, 0.6) is 0 Å². The van der Waals surface area contributed by atoms with Crippen LogP contribution in [0.4, 0.5) is 14.5 Å². The maximum absolute atomic E-state index is 13.6. The van der Waals surface area contributed by atoms with Crippen molar-refractivity contribution in [2.24, 2.45) is 0 Å². The van der Waals surface area contributed by atoms with Crippen LogP contribution in [-0.2, 0) is 14.8 Å². The third-order valence-electron chi connectivity index (χ3n) is 4.13. The Morgan fingerprint density at radius 3 is 2.58 bits per heavy atom. The van der Waals surface area contributed by atoms with Crippen LogP contribution in [0.2, 0.25) is 0 Å². The average molecular weight is 402 g/mol. The zero-order chi connectivity index (χ0) is 18.7. The largest absolute Gasteiger partial charge is 0.325 e. The molecule has 1 saturated heterocycles. The van der Waals surface area contributed by atoms with E-state index in [2.05, 4.69) is 5.32 Å². The first-order valence-corrected chi connectivity index (χ1v) is 10.3. The third-order valence-corrected chi connectivity index (χ3v) is 7.41. The van der Waals surface area contributed by atoms with Gasteiger partial charge in [-0.15, -0.1) is 11.3 Å². The number of sulfonamides is 1. The fourth-order valence-electron chi connectivity index (χ4n) is 2.77. The van der Waals surface area contributed by atoms with E-state index >= 15 is 0 Å². The Balaban J connectivity index is 1.53. The first kappa shape index (κ1) is 18.9. The van der Waals surface area contributed by atoms with Gasteiger partial charge in [-0.05, 0) is 23.6 Å². The van der Waals surface area contributed by atoms with Crippen molar-refractivity contribution in [2.75, 3.05) is 38.0 Å². The molecule has 0 atom stereocenters. The van der Waals surface area contributed by atoms with Gasteiger partial charge in [-0.25, -0.2) is 17.2 Å². The van der Waals surface area contributed by atoms with Gasteiger partial charge in [-0.2, -0.15) is 4.31 Å². The van der Waals surface area contributed by atoms with Gasteiger partial charge in [0.25, 0.3) is 15.9 Å². The zero-order valence-corrected chi connectivity index (χ0v) is 15.4. The van der Waals surface area contributed by atoms with Crippen molar-refractivity contribution in [3.05, 3.63) is 47.3 Å². The highest BCUT2D eigenvalue weighted by Crippen LogP contribution is 2.20. The van der Waals surface area contributed by atoms with Gasteiger partial charge in [0.05, 0.1) is 31.9 Å². The quantitative estimate of drug-likeness (QED) is 0.768. The summed E-state index contributed by atoms with van der Waals surface area (Å²) >= 11 is 1.18. The predicted octanol–water partition coefficient (Wildman–Crippen LogP) is 0.554. The summed E-state index contributed by atoms with van der Waals surface area (Å²) in [6.45, 7) is 1.67. The Morgan fingerprint density at radius 1 is 1.23 bits per heavy atom. The molecule has 2 N–H and O–H groups in total. The maximum Gasteiger partial charge on any atom is 0.279 e. The van der Waals surface area contributed by atoms with E-state index in [1.165, 1.54) is 21.7 Å². The zero-order valence-electron chi connectivity index (χ0n) is 13.7. The van der Waals surface area contributed by atoms with Gasteiger partial charge in [-0.1, -0.05) is 6.07 Å². The Morgan fingerprint density at radius 2 is 1.96 bits per heavy atom. The molecule has 1 fully saturated rings.